The molecule has 0 aromatic heterocycles. The summed E-state index contributed by atoms with van der Waals surface area (Å²) in [6.07, 6.45) is 0. The number of nitrogens with zero attached hydrogens (tertiary/aromatic N) is 1. The van der Waals surface area contributed by atoms with Gasteiger partial charge in [-0.1, -0.05) is 58.0 Å². The molecule has 20 heavy (non-hydrogen) atoms. The van der Waals surface area contributed by atoms with Crippen LogP contribution in [0.4, 0.5) is 5.69 Å². The van der Waals surface area contributed by atoms with Gasteiger partial charge < -0.3 is 10.5 Å². The molecular weight excluding hydrogens is 336 g/mol. The summed E-state index contributed by atoms with van der Waals surface area (Å²) in [4.78, 5) is 4.39. The molecule has 2 N–H and O–H groups in total. The highest BCUT2D eigenvalue weighted by atomic mass is 79.9. The van der Waals surface area contributed by atoms with Crippen LogP contribution in [0.25, 0.3) is 0 Å². The second-order valence-corrected chi connectivity index (χ2v) is 5.85. The zero-order valence-electron chi connectivity index (χ0n) is 11.0. The predicted octanol–water partition coefficient (Wildman–Crippen LogP) is 4.34. The van der Waals surface area contributed by atoms with Crippen LogP contribution in [0.3, 0.4) is 0 Å². The van der Waals surface area contributed by atoms with E-state index in [-0.39, 0.29) is 0 Å². The number of amidine groups is 1. The van der Waals surface area contributed by atoms with E-state index in [0.717, 1.165) is 21.7 Å². The van der Waals surface area contributed by atoms with Crippen LogP contribution in [0.2, 0.25) is 0 Å². The van der Waals surface area contributed by atoms with Gasteiger partial charge in [-0.2, -0.15) is 0 Å². The SMILES string of the molecule is COc1ccccc1N=C(N)SCc1ccccc1Br. The molecule has 3 nitrogen and oxygen atoms in total. The first-order valence-corrected chi connectivity index (χ1v) is 7.82. The molecule has 2 aromatic carbocycles. The zero-order valence-corrected chi connectivity index (χ0v) is 13.4. The minimum Gasteiger partial charge on any atom is -0.494 e. The Morgan fingerprint density at radius 1 is 1.20 bits per heavy atom. The highest BCUT2D eigenvalue weighted by Gasteiger charge is 2.03. The summed E-state index contributed by atoms with van der Waals surface area (Å²) in [5.74, 6) is 1.49. The smallest absolute Gasteiger partial charge is 0.159 e. The third kappa shape index (κ3) is 4.02. The topological polar surface area (TPSA) is 47.6 Å². The molecule has 0 aliphatic rings. The monoisotopic (exact) mass is 350 g/mol. The van der Waals surface area contributed by atoms with Crippen molar-refractivity contribution in [1.29, 1.82) is 0 Å². The van der Waals surface area contributed by atoms with Crippen LogP contribution in [0, 0.1) is 0 Å². The molecule has 0 fully saturated rings. The number of methoxy groups -OCH3 is 1. The first-order valence-electron chi connectivity index (χ1n) is 6.04. The third-order valence-electron chi connectivity index (χ3n) is 2.65. The zero-order chi connectivity index (χ0) is 14.4. The van der Waals surface area contributed by atoms with Crippen LogP contribution in [0.1, 0.15) is 5.56 Å². The predicted molar refractivity (Wildman–Crippen MR) is 89.7 cm³/mol. The van der Waals surface area contributed by atoms with Gasteiger partial charge in [-0.15, -0.1) is 0 Å². The Kier molecular flexibility index (Phi) is 5.49. The van der Waals surface area contributed by atoms with Gasteiger partial charge in [-0.05, 0) is 23.8 Å². The number of nitrogens with two attached hydrogens (primary N) is 1. The van der Waals surface area contributed by atoms with E-state index < -0.39 is 0 Å². The minimum absolute atomic E-state index is 0.519. The van der Waals surface area contributed by atoms with Gasteiger partial charge >= 0.3 is 0 Å². The van der Waals surface area contributed by atoms with Crippen LogP contribution in [0.15, 0.2) is 58.0 Å². The molecule has 5 heteroatoms. The molecule has 0 heterocycles. The minimum atomic E-state index is 0.519. The van der Waals surface area contributed by atoms with Gasteiger partial charge in [-0.25, -0.2) is 4.99 Å². The van der Waals surface area contributed by atoms with Crippen molar-refractivity contribution in [3.05, 3.63) is 58.6 Å². The van der Waals surface area contributed by atoms with Crippen molar-refractivity contribution < 1.29 is 4.74 Å². The van der Waals surface area contributed by atoms with E-state index >= 15 is 0 Å². The number of ether oxygens (including phenoxy) is 1. The van der Waals surface area contributed by atoms with Gasteiger partial charge in [-0.3, -0.25) is 0 Å². The molecule has 0 radical (unpaired) electrons. The summed E-state index contributed by atoms with van der Waals surface area (Å²) >= 11 is 5.02. The van der Waals surface area contributed by atoms with Crippen LogP contribution in [0.5, 0.6) is 5.75 Å². The summed E-state index contributed by atoms with van der Waals surface area (Å²) in [6, 6.07) is 15.6. The Balaban J connectivity index is 2.06. The fraction of sp³-hybridized carbons (Fsp3) is 0.133. The quantitative estimate of drug-likeness (QED) is 0.659. The molecular formula is C15H15BrN2OS. The number of aliphatic imine (C=N–C) groups is 1. The fourth-order valence-corrected chi connectivity index (χ4v) is 2.97. The van der Waals surface area contributed by atoms with Crippen LogP contribution >= 0.6 is 27.7 Å². The highest BCUT2D eigenvalue weighted by molar-refractivity contribution is 9.10. The molecule has 0 atom stereocenters. The molecule has 0 amide bonds. The lowest BCUT2D eigenvalue weighted by molar-refractivity contribution is 0.416. The van der Waals surface area contributed by atoms with E-state index in [1.165, 1.54) is 17.3 Å². The van der Waals surface area contributed by atoms with E-state index in [0.29, 0.717) is 5.17 Å². The molecule has 0 bridgehead atoms. The van der Waals surface area contributed by atoms with Crippen molar-refractivity contribution >= 4 is 38.5 Å². The number of thioether (sulfide) groups is 1. The van der Waals surface area contributed by atoms with Crippen LogP contribution < -0.4 is 10.5 Å². The first kappa shape index (κ1) is 14.9. The van der Waals surface area contributed by atoms with Crippen molar-refractivity contribution in [3.63, 3.8) is 0 Å². The van der Waals surface area contributed by atoms with E-state index in [9.17, 15) is 0 Å². The molecule has 0 spiro atoms. The first-order chi connectivity index (χ1) is 9.70. The van der Waals surface area contributed by atoms with E-state index in [2.05, 4.69) is 27.0 Å². The Hall–Kier alpha value is -1.46. The molecule has 0 aliphatic heterocycles. The van der Waals surface area contributed by atoms with Gasteiger partial charge in [0.2, 0.25) is 0 Å². The molecule has 0 saturated heterocycles. The van der Waals surface area contributed by atoms with Gasteiger partial charge in [0.25, 0.3) is 0 Å². The van der Waals surface area contributed by atoms with Gasteiger partial charge in [0.05, 0.1) is 7.11 Å². The summed E-state index contributed by atoms with van der Waals surface area (Å²) in [6.45, 7) is 0. The van der Waals surface area contributed by atoms with Crippen molar-refractivity contribution in [2.45, 2.75) is 5.75 Å². The lowest BCUT2D eigenvalue weighted by Crippen LogP contribution is -2.06. The number of hydrogen-bond donors (Lipinski definition) is 1. The van der Waals surface area contributed by atoms with Crippen molar-refractivity contribution in [3.8, 4) is 5.75 Å². The maximum atomic E-state index is 5.97. The molecule has 0 aliphatic carbocycles. The molecule has 104 valence electrons. The highest BCUT2D eigenvalue weighted by Crippen LogP contribution is 2.28. The molecule has 0 unspecified atom stereocenters. The lowest BCUT2D eigenvalue weighted by Gasteiger charge is -2.06. The van der Waals surface area contributed by atoms with Crippen LogP contribution in [-0.2, 0) is 5.75 Å². The second kappa shape index (κ2) is 7.36. The number of para-hydroxylation sites is 2. The standard InChI is InChI=1S/C15H15BrN2OS/c1-19-14-9-5-4-8-13(14)18-15(17)20-10-11-6-2-3-7-12(11)16/h2-9H,10H2,1H3,(H2,17,18). The summed E-state index contributed by atoms with van der Waals surface area (Å²) < 4.78 is 6.33. The average molecular weight is 351 g/mol. The van der Waals surface area contributed by atoms with Gasteiger partial charge in [0.15, 0.2) is 5.17 Å². The maximum absolute atomic E-state index is 5.97. The van der Waals surface area contributed by atoms with E-state index in [4.69, 9.17) is 10.5 Å². The maximum Gasteiger partial charge on any atom is 0.159 e. The normalized spacial score (nSPS) is 11.4. The molecule has 2 aromatic rings. The molecule has 2 rings (SSSR count). The summed E-state index contributed by atoms with van der Waals surface area (Å²) in [7, 11) is 1.62. The van der Waals surface area contributed by atoms with Crippen LogP contribution in [-0.4, -0.2) is 12.3 Å². The largest absolute Gasteiger partial charge is 0.494 e. The number of hydrogen-bond acceptors (Lipinski definition) is 3. The lowest BCUT2D eigenvalue weighted by atomic mass is 10.2. The summed E-state index contributed by atoms with van der Waals surface area (Å²) in [5.41, 5.74) is 7.90. The third-order valence-corrected chi connectivity index (χ3v) is 4.27. The van der Waals surface area contributed by atoms with E-state index in [1.54, 1.807) is 7.11 Å². The summed E-state index contributed by atoms with van der Waals surface area (Å²) in [5, 5.41) is 0.519. The molecule has 0 saturated carbocycles. The fourth-order valence-electron chi connectivity index (χ4n) is 1.64. The Bertz CT molecular complexity index is 616. The number of benzene rings is 2. The van der Waals surface area contributed by atoms with Crippen molar-refractivity contribution in [1.82, 2.24) is 0 Å². The van der Waals surface area contributed by atoms with Crippen molar-refractivity contribution in [2.24, 2.45) is 10.7 Å². The Labute approximate surface area is 131 Å². The van der Waals surface area contributed by atoms with E-state index in [1.807, 2.05) is 42.5 Å². The van der Waals surface area contributed by atoms with Crippen molar-refractivity contribution in [2.75, 3.05) is 7.11 Å². The van der Waals surface area contributed by atoms with Gasteiger partial charge in [0.1, 0.15) is 11.4 Å². The number of halogens is 1. The number of rotatable bonds is 4. The average Bonchev–Trinajstić information content (AvgIpc) is 2.47. The Morgan fingerprint density at radius 3 is 2.65 bits per heavy atom. The van der Waals surface area contributed by atoms with Gasteiger partial charge in [0, 0.05) is 10.2 Å². The second-order valence-electron chi connectivity index (χ2n) is 4.00. The Morgan fingerprint density at radius 2 is 1.90 bits per heavy atom.